The number of hydrogen-bond donors (Lipinski definition) is 2. The van der Waals surface area contributed by atoms with Crippen molar-refractivity contribution in [3.05, 3.63) is 0 Å². The van der Waals surface area contributed by atoms with Crippen molar-refractivity contribution in [2.75, 3.05) is 32.7 Å². The third kappa shape index (κ3) is 2.52. The standard InChI is InChI=1S/C12H25N3/c13-11-12(5-3-1-2-4-6-12)15-9-7-14-8-10-15/h14H,1-11,13H2. The van der Waals surface area contributed by atoms with Crippen LogP contribution in [0.4, 0.5) is 0 Å². The molecule has 1 heterocycles. The molecule has 3 heteroatoms. The SMILES string of the molecule is NCC1(N2CCNCC2)CCCCCC1. The van der Waals surface area contributed by atoms with Gasteiger partial charge in [0.1, 0.15) is 0 Å². The molecule has 0 spiro atoms. The van der Waals surface area contributed by atoms with Crippen molar-refractivity contribution < 1.29 is 0 Å². The van der Waals surface area contributed by atoms with Gasteiger partial charge in [-0.05, 0) is 12.8 Å². The van der Waals surface area contributed by atoms with Crippen LogP contribution in [-0.2, 0) is 0 Å². The minimum Gasteiger partial charge on any atom is -0.329 e. The molecule has 1 aliphatic carbocycles. The molecule has 0 aromatic carbocycles. The zero-order chi connectivity index (χ0) is 10.6. The second kappa shape index (κ2) is 5.28. The summed E-state index contributed by atoms with van der Waals surface area (Å²) >= 11 is 0. The predicted octanol–water partition coefficient (Wildman–Crippen LogP) is 0.943. The Morgan fingerprint density at radius 1 is 1.00 bits per heavy atom. The smallest absolute Gasteiger partial charge is 0.0332 e. The lowest BCUT2D eigenvalue weighted by atomic mass is 9.87. The maximum atomic E-state index is 6.08. The van der Waals surface area contributed by atoms with Crippen LogP contribution in [-0.4, -0.2) is 43.2 Å². The zero-order valence-corrected chi connectivity index (χ0v) is 9.80. The maximum Gasteiger partial charge on any atom is 0.0332 e. The Bertz CT molecular complexity index is 179. The van der Waals surface area contributed by atoms with Crippen LogP contribution in [0, 0.1) is 0 Å². The highest BCUT2D eigenvalue weighted by Gasteiger charge is 2.35. The van der Waals surface area contributed by atoms with Crippen LogP contribution in [0.2, 0.25) is 0 Å². The van der Waals surface area contributed by atoms with E-state index in [1.807, 2.05) is 0 Å². The van der Waals surface area contributed by atoms with E-state index in [1.54, 1.807) is 0 Å². The highest BCUT2D eigenvalue weighted by molar-refractivity contribution is 4.94. The first-order chi connectivity index (χ1) is 7.37. The summed E-state index contributed by atoms with van der Waals surface area (Å²) in [4.78, 5) is 2.66. The molecule has 0 amide bonds. The van der Waals surface area contributed by atoms with Gasteiger partial charge in [0.25, 0.3) is 0 Å². The van der Waals surface area contributed by atoms with Gasteiger partial charge in [0, 0.05) is 38.3 Å². The molecule has 2 aliphatic rings. The Morgan fingerprint density at radius 2 is 1.60 bits per heavy atom. The van der Waals surface area contributed by atoms with Crippen molar-refractivity contribution in [3.8, 4) is 0 Å². The van der Waals surface area contributed by atoms with Crippen molar-refractivity contribution in [1.82, 2.24) is 10.2 Å². The number of nitrogens with two attached hydrogens (primary N) is 1. The van der Waals surface area contributed by atoms with E-state index in [0.717, 1.165) is 19.6 Å². The van der Waals surface area contributed by atoms with E-state index in [-0.39, 0.29) is 0 Å². The molecule has 88 valence electrons. The van der Waals surface area contributed by atoms with Gasteiger partial charge < -0.3 is 11.1 Å². The molecule has 2 fully saturated rings. The van der Waals surface area contributed by atoms with Crippen LogP contribution in [0.5, 0.6) is 0 Å². The third-order valence-corrected chi connectivity index (χ3v) is 4.20. The molecule has 0 bridgehead atoms. The Morgan fingerprint density at radius 3 is 2.13 bits per heavy atom. The Balaban J connectivity index is 2.03. The first-order valence-electron chi connectivity index (χ1n) is 6.53. The van der Waals surface area contributed by atoms with Crippen molar-refractivity contribution in [1.29, 1.82) is 0 Å². The molecule has 1 aliphatic heterocycles. The van der Waals surface area contributed by atoms with Crippen LogP contribution in [0.1, 0.15) is 38.5 Å². The van der Waals surface area contributed by atoms with Gasteiger partial charge in [-0.25, -0.2) is 0 Å². The van der Waals surface area contributed by atoms with E-state index in [2.05, 4.69) is 10.2 Å². The Hall–Kier alpha value is -0.120. The van der Waals surface area contributed by atoms with Crippen LogP contribution in [0.15, 0.2) is 0 Å². The maximum absolute atomic E-state index is 6.08. The number of piperazine rings is 1. The molecule has 1 saturated heterocycles. The summed E-state index contributed by atoms with van der Waals surface area (Å²) in [6.45, 7) is 5.52. The van der Waals surface area contributed by atoms with Crippen LogP contribution in [0.3, 0.4) is 0 Å². The number of nitrogens with one attached hydrogen (secondary N) is 1. The van der Waals surface area contributed by atoms with Crippen molar-refractivity contribution in [3.63, 3.8) is 0 Å². The largest absolute Gasteiger partial charge is 0.329 e. The first kappa shape index (κ1) is 11.4. The van der Waals surface area contributed by atoms with Crippen molar-refractivity contribution in [2.24, 2.45) is 5.73 Å². The molecule has 0 unspecified atom stereocenters. The van der Waals surface area contributed by atoms with E-state index in [1.165, 1.54) is 51.6 Å². The second-order valence-corrected chi connectivity index (χ2v) is 5.08. The Labute approximate surface area is 93.4 Å². The quantitative estimate of drug-likeness (QED) is 0.668. The molecule has 0 radical (unpaired) electrons. The molecule has 1 saturated carbocycles. The van der Waals surface area contributed by atoms with E-state index in [9.17, 15) is 0 Å². The van der Waals surface area contributed by atoms with E-state index in [0.29, 0.717) is 5.54 Å². The minimum atomic E-state index is 0.346. The molecule has 0 aromatic rings. The summed E-state index contributed by atoms with van der Waals surface area (Å²) in [6.07, 6.45) is 8.22. The molecule has 3 nitrogen and oxygen atoms in total. The fourth-order valence-corrected chi connectivity index (χ4v) is 3.18. The topological polar surface area (TPSA) is 41.3 Å². The van der Waals surface area contributed by atoms with Gasteiger partial charge in [0.05, 0.1) is 0 Å². The van der Waals surface area contributed by atoms with E-state index < -0.39 is 0 Å². The molecule has 3 N–H and O–H groups in total. The number of nitrogens with zero attached hydrogens (tertiary/aromatic N) is 1. The fraction of sp³-hybridized carbons (Fsp3) is 1.00. The lowest BCUT2D eigenvalue weighted by molar-refractivity contribution is 0.0653. The fourth-order valence-electron chi connectivity index (χ4n) is 3.18. The van der Waals surface area contributed by atoms with Crippen LogP contribution in [0.25, 0.3) is 0 Å². The molecule has 0 atom stereocenters. The van der Waals surface area contributed by atoms with Crippen molar-refractivity contribution >= 4 is 0 Å². The van der Waals surface area contributed by atoms with Gasteiger partial charge in [0.2, 0.25) is 0 Å². The summed E-state index contributed by atoms with van der Waals surface area (Å²) in [5.74, 6) is 0. The van der Waals surface area contributed by atoms with E-state index in [4.69, 9.17) is 5.73 Å². The van der Waals surface area contributed by atoms with Crippen molar-refractivity contribution in [2.45, 2.75) is 44.1 Å². The molecule has 2 rings (SSSR count). The summed E-state index contributed by atoms with van der Waals surface area (Å²) in [7, 11) is 0. The average Bonchev–Trinajstić information content (AvgIpc) is 2.56. The zero-order valence-electron chi connectivity index (χ0n) is 9.80. The highest BCUT2D eigenvalue weighted by atomic mass is 15.2. The second-order valence-electron chi connectivity index (χ2n) is 5.08. The molecular weight excluding hydrogens is 186 g/mol. The summed E-state index contributed by atoms with van der Waals surface area (Å²) < 4.78 is 0. The monoisotopic (exact) mass is 211 g/mol. The van der Waals surface area contributed by atoms with Gasteiger partial charge in [-0.2, -0.15) is 0 Å². The predicted molar refractivity (Wildman–Crippen MR) is 63.9 cm³/mol. The molecule has 0 aromatic heterocycles. The summed E-state index contributed by atoms with van der Waals surface area (Å²) in [5, 5.41) is 3.43. The van der Waals surface area contributed by atoms with Gasteiger partial charge in [-0.3, -0.25) is 4.90 Å². The van der Waals surface area contributed by atoms with Crippen LogP contribution >= 0.6 is 0 Å². The summed E-state index contributed by atoms with van der Waals surface area (Å²) in [6, 6.07) is 0. The lowest BCUT2D eigenvalue weighted by Gasteiger charge is -2.45. The first-order valence-corrected chi connectivity index (χ1v) is 6.53. The van der Waals surface area contributed by atoms with Gasteiger partial charge in [-0.1, -0.05) is 25.7 Å². The van der Waals surface area contributed by atoms with E-state index >= 15 is 0 Å². The highest BCUT2D eigenvalue weighted by Crippen LogP contribution is 2.31. The average molecular weight is 211 g/mol. The van der Waals surface area contributed by atoms with Crippen LogP contribution < -0.4 is 11.1 Å². The van der Waals surface area contributed by atoms with Gasteiger partial charge in [-0.15, -0.1) is 0 Å². The Kier molecular flexibility index (Phi) is 4.00. The van der Waals surface area contributed by atoms with Gasteiger partial charge in [0.15, 0.2) is 0 Å². The molecule has 15 heavy (non-hydrogen) atoms. The lowest BCUT2D eigenvalue weighted by Crippen LogP contribution is -2.59. The normalized spacial score (nSPS) is 28.6. The third-order valence-electron chi connectivity index (χ3n) is 4.20. The number of rotatable bonds is 2. The minimum absolute atomic E-state index is 0.346. The molecular formula is C12H25N3. The number of hydrogen-bond acceptors (Lipinski definition) is 3. The summed E-state index contributed by atoms with van der Waals surface area (Å²) in [5.41, 5.74) is 6.42. The van der Waals surface area contributed by atoms with Gasteiger partial charge >= 0.3 is 0 Å².